The van der Waals surface area contributed by atoms with Crippen LogP contribution in [0.3, 0.4) is 0 Å². The van der Waals surface area contributed by atoms with Crippen LogP contribution in [0, 0.1) is 11.3 Å². The zero-order valence-corrected chi connectivity index (χ0v) is 15.4. The van der Waals surface area contributed by atoms with Gasteiger partial charge in [0.2, 0.25) is 5.91 Å². The maximum atomic E-state index is 12.2. The van der Waals surface area contributed by atoms with Gasteiger partial charge in [-0.1, -0.05) is 26.2 Å². The highest BCUT2D eigenvalue weighted by atomic mass is 35.5. The molecule has 1 aliphatic carbocycles. The monoisotopic (exact) mass is 353 g/mol. The molecule has 0 aromatic rings. The van der Waals surface area contributed by atoms with Crippen molar-refractivity contribution in [3.63, 3.8) is 0 Å². The minimum atomic E-state index is 0. The number of carbonyl (C=O) groups excluding carboxylic acids is 1. The number of halogens is 2. The molecule has 0 aromatic heterocycles. The molecule has 1 aliphatic heterocycles. The fraction of sp³-hybridized carbons (Fsp3) is 0.938. The molecule has 1 saturated carbocycles. The number of carbonyl (C=O) groups is 1. The van der Waals surface area contributed by atoms with Crippen LogP contribution in [0.5, 0.6) is 0 Å². The van der Waals surface area contributed by atoms with Crippen LogP contribution < -0.4 is 11.1 Å². The molecule has 0 spiro atoms. The lowest BCUT2D eigenvalue weighted by molar-refractivity contribution is -0.124. The number of hydrogen-bond acceptors (Lipinski definition) is 3. The molecule has 1 atom stereocenters. The molecule has 2 aliphatic rings. The topological polar surface area (TPSA) is 58.4 Å². The van der Waals surface area contributed by atoms with Gasteiger partial charge in [0, 0.05) is 19.5 Å². The predicted molar refractivity (Wildman–Crippen MR) is 96.9 cm³/mol. The molecule has 1 saturated heterocycles. The number of nitrogens with zero attached hydrogens (tertiary/aromatic N) is 1. The lowest BCUT2D eigenvalue weighted by Gasteiger charge is -2.35. The smallest absolute Gasteiger partial charge is 0.220 e. The van der Waals surface area contributed by atoms with Crippen molar-refractivity contribution in [1.82, 2.24) is 10.2 Å². The second kappa shape index (κ2) is 10.7. The van der Waals surface area contributed by atoms with Crippen LogP contribution in [-0.2, 0) is 4.79 Å². The summed E-state index contributed by atoms with van der Waals surface area (Å²) in [6, 6.07) is 0. The molecule has 2 rings (SSSR count). The Hall–Kier alpha value is -0.0300. The Bertz CT molecular complexity index is 323. The number of likely N-dealkylation sites (tertiary alicyclic amines) is 1. The lowest BCUT2D eigenvalue weighted by Crippen LogP contribution is -2.40. The molecular weight excluding hydrogens is 321 g/mol. The summed E-state index contributed by atoms with van der Waals surface area (Å²) in [5, 5.41) is 3.15. The average Bonchev–Trinajstić information content (AvgIpc) is 2.94. The predicted octanol–water partition coefficient (Wildman–Crippen LogP) is 2.59. The summed E-state index contributed by atoms with van der Waals surface area (Å²) in [5.74, 6) is 0.853. The summed E-state index contributed by atoms with van der Waals surface area (Å²) >= 11 is 0. The van der Waals surface area contributed by atoms with E-state index < -0.39 is 0 Å². The third kappa shape index (κ3) is 6.23. The molecule has 0 radical (unpaired) electrons. The molecule has 132 valence electrons. The van der Waals surface area contributed by atoms with Gasteiger partial charge in [-0.3, -0.25) is 4.79 Å². The van der Waals surface area contributed by atoms with E-state index in [0.717, 1.165) is 32.5 Å². The Balaban J connectivity index is 0.00000220. The number of amides is 1. The normalized spacial score (nSPS) is 24.2. The van der Waals surface area contributed by atoms with E-state index in [4.69, 9.17) is 5.73 Å². The van der Waals surface area contributed by atoms with Crippen molar-refractivity contribution in [2.75, 3.05) is 32.7 Å². The molecule has 6 heteroatoms. The summed E-state index contributed by atoms with van der Waals surface area (Å²) in [6.07, 6.45) is 7.88. The van der Waals surface area contributed by atoms with E-state index in [0.29, 0.717) is 18.9 Å². The van der Waals surface area contributed by atoms with Gasteiger partial charge >= 0.3 is 0 Å². The second-order valence-corrected chi connectivity index (χ2v) is 6.79. The van der Waals surface area contributed by atoms with Gasteiger partial charge in [0.05, 0.1) is 0 Å². The molecular formula is C16H33Cl2N3O. The van der Waals surface area contributed by atoms with Gasteiger partial charge < -0.3 is 16.0 Å². The first-order valence-electron chi connectivity index (χ1n) is 8.36. The molecule has 1 unspecified atom stereocenters. The summed E-state index contributed by atoms with van der Waals surface area (Å²) in [4.78, 5) is 14.7. The van der Waals surface area contributed by atoms with E-state index in [1.807, 2.05) is 0 Å². The van der Waals surface area contributed by atoms with Gasteiger partial charge in [-0.05, 0) is 50.2 Å². The second-order valence-electron chi connectivity index (χ2n) is 6.79. The van der Waals surface area contributed by atoms with Crippen molar-refractivity contribution in [1.29, 1.82) is 0 Å². The van der Waals surface area contributed by atoms with Crippen LogP contribution >= 0.6 is 24.8 Å². The number of nitrogens with two attached hydrogens (primary N) is 1. The molecule has 0 bridgehead atoms. The van der Waals surface area contributed by atoms with Gasteiger partial charge in [0.1, 0.15) is 0 Å². The fourth-order valence-corrected chi connectivity index (χ4v) is 3.78. The molecule has 3 N–H and O–H groups in total. The average molecular weight is 354 g/mol. The van der Waals surface area contributed by atoms with Gasteiger partial charge in [-0.2, -0.15) is 0 Å². The Morgan fingerprint density at radius 1 is 1.27 bits per heavy atom. The summed E-state index contributed by atoms with van der Waals surface area (Å²) < 4.78 is 0. The van der Waals surface area contributed by atoms with E-state index in [9.17, 15) is 4.79 Å². The van der Waals surface area contributed by atoms with E-state index in [1.165, 1.54) is 32.2 Å². The highest BCUT2D eigenvalue weighted by Gasteiger charge is 2.33. The number of rotatable bonds is 6. The van der Waals surface area contributed by atoms with Crippen molar-refractivity contribution in [2.24, 2.45) is 17.1 Å². The lowest BCUT2D eigenvalue weighted by atomic mass is 9.71. The molecule has 0 aromatic carbocycles. The maximum Gasteiger partial charge on any atom is 0.220 e. The van der Waals surface area contributed by atoms with E-state index in [1.54, 1.807) is 0 Å². The van der Waals surface area contributed by atoms with Crippen LogP contribution in [0.4, 0.5) is 0 Å². The largest absolute Gasteiger partial charge is 0.356 e. The number of nitrogens with one attached hydrogen (secondary N) is 1. The zero-order chi connectivity index (χ0) is 14.4. The van der Waals surface area contributed by atoms with E-state index >= 15 is 0 Å². The zero-order valence-electron chi connectivity index (χ0n) is 13.8. The van der Waals surface area contributed by atoms with Crippen molar-refractivity contribution >= 4 is 30.7 Å². The molecule has 1 heterocycles. The minimum absolute atomic E-state index is 0. The quantitative estimate of drug-likeness (QED) is 0.771. The molecule has 4 nitrogen and oxygen atoms in total. The SMILES string of the molecule is CCN1CCC(CNC(=O)CC2(CN)CCCCC2)C1.Cl.Cl. The van der Waals surface area contributed by atoms with Crippen LogP contribution in [-0.4, -0.2) is 43.5 Å². The summed E-state index contributed by atoms with van der Waals surface area (Å²) in [5.41, 5.74) is 6.05. The highest BCUT2D eigenvalue weighted by molar-refractivity contribution is 5.85. The Morgan fingerprint density at radius 3 is 2.50 bits per heavy atom. The fourth-order valence-electron chi connectivity index (χ4n) is 3.78. The first kappa shape index (κ1) is 22.0. The standard InChI is InChI=1S/C16H31N3O.2ClH/c1-2-19-9-6-14(12-19)11-18-15(20)10-16(13-17)7-4-3-5-8-16;;/h14H,2-13,17H2,1H3,(H,18,20);2*1H. The van der Waals surface area contributed by atoms with Gasteiger partial charge in [0.25, 0.3) is 0 Å². The van der Waals surface area contributed by atoms with Crippen LogP contribution in [0.1, 0.15) is 51.9 Å². The molecule has 2 fully saturated rings. The van der Waals surface area contributed by atoms with Crippen LogP contribution in [0.15, 0.2) is 0 Å². The summed E-state index contributed by atoms with van der Waals surface area (Å²) in [7, 11) is 0. The third-order valence-corrected chi connectivity index (χ3v) is 5.29. The Kier molecular flexibility index (Phi) is 10.7. The minimum Gasteiger partial charge on any atom is -0.356 e. The number of hydrogen-bond donors (Lipinski definition) is 2. The third-order valence-electron chi connectivity index (χ3n) is 5.29. The van der Waals surface area contributed by atoms with E-state index in [-0.39, 0.29) is 36.1 Å². The van der Waals surface area contributed by atoms with Crippen molar-refractivity contribution in [3.8, 4) is 0 Å². The maximum absolute atomic E-state index is 12.2. The van der Waals surface area contributed by atoms with E-state index in [2.05, 4.69) is 17.1 Å². The van der Waals surface area contributed by atoms with Crippen molar-refractivity contribution < 1.29 is 4.79 Å². The van der Waals surface area contributed by atoms with Gasteiger partial charge in [-0.15, -0.1) is 24.8 Å². The van der Waals surface area contributed by atoms with Crippen molar-refractivity contribution in [3.05, 3.63) is 0 Å². The first-order chi connectivity index (χ1) is 9.67. The van der Waals surface area contributed by atoms with Gasteiger partial charge in [-0.25, -0.2) is 0 Å². The summed E-state index contributed by atoms with van der Waals surface area (Å²) in [6.45, 7) is 7.15. The molecule has 1 amide bonds. The highest BCUT2D eigenvalue weighted by Crippen LogP contribution is 2.38. The van der Waals surface area contributed by atoms with Crippen LogP contribution in [0.25, 0.3) is 0 Å². The van der Waals surface area contributed by atoms with Gasteiger partial charge in [0.15, 0.2) is 0 Å². The van der Waals surface area contributed by atoms with Crippen molar-refractivity contribution in [2.45, 2.75) is 51.9 Å². The Labute approximate surface area is 147 Å². The first-order valence-corrected chi connectivity index (χ1v) is 8.36. The molecule has 22 heavy (non-hydrogen) atoms. The Morgan fingerprint density at radius 2 is 1.95 bits per heavy atom. The van der Waals surface area contributed by atoms with Crippen LogP contribution in [0.2, 0.25) is 0 Å².